The van der Waals surface area contributed by atoms with Crippen LogP contribution in [0.1, 0.15) is 26.3 Å². The average molecular weight is 224 g/mol. The topological polar surface area (TPSA) is 75.3 Å². The number of aromatic nitrogens is 2. The maximum atomic E-state index is 9.76. The highest BCUT2D eigenvalue weighted by molar-refractivity contribution is 5.30. The fourth-order valence-corrected chi connectivity index (χ4v) is 1.41. The summed E-state index contributed by atoms with van der Waals surface area (Å²) in [5.41, 5.74) is 5.62. The van der Waals surface area contributed by atoms with Gasteiger partial charge in [0.15, 0.2) is 0 Å². The second kappa shape index (κ2) is 5.23. The van der Waals surface area contributed by atoms with Crippen molar-refractivity contribution in [2.24, 2.45) is 5.73 Å². The maximum Gasteiger partial charge on any atom is 0.225 e. The van der Waals surface area contributed by atoms with Gasteiger partial charge in [-0.3, -0.25) is 0 Å². The van der Waals surface area contributed by atoms with Gasteiger partial charge in [-0.1, -0.05) is 0 Å². The average Bonchev–Trinajstić information content (AvgIpc) is 2.25. The summed E-state index contributed by atoms with van der Waals surface area (Å²) in [6, 6.07) is 0. The number of aliphatic hydroxyl groups is 1. The Morgan fingerprint density at radius 3 is 2.31 bits per heavy atom. The second-order valence-corrected chi connectivity index (χ2v) is 4.42. The van der Waals surface area contributed by atoms with Crippen LogP contribution < -0.4 is 10.6 Å². The molecule has 16 heavy (non-hydrogen) atoms. The Morgan fingerprint density at radius 1 is 1.38 bits per heavy atom. The van der Waals surface area contributed by atoms with Gasteiger partial charge in [0, 0.05) is 37.6 Å². The first-order valence-electron chi connectivity index (χ1n) is 5.44. The molecule has 0 unspecified atom stereocenters. The third-order valence-corrected chi connectivity index (χ3v) is 2.17. The van der Waals surface area contributed by atoms with Crippen molar-refractivity contribution >= 4 is 5.95 Å². The molecule has 0 bridgehead atoms. The number of rotatable bonds is 5. The summed E-state index contributed by atoms with van der Waals surface area (Å²) in [4.78, 5) is 10.4. The fourth-order valence-electron chi connectivity index (χ4n) is 1.41. The Balaban J connectivity index is 2.79. The summed E-state index contributed by atoms with van der Waals surface area (Å²) in [6.07, 6.45) is 3.44. The van der Waals surface area contributed by atoms with E-state index < -0.39 is 5.60 Å². The highest BCUT2D eigenvalue weighted by Gasteiger charge is 2.18. The minimum atomic E-state index is -0.758. The molecule has 3 N–H and O–H groups in total. The number of hydrogen-bond donors (Lipinski definition) is 2. The minimum absolute atomic E-state index is 0.442. The van der Waals surface area contributed by atoms with E-state index in [2.05, 4.69) is 9.97 Å². The standard InChI is InChI=1S/C11H20N4O/c1-4-15(8-11(2,3)16)10-13-6-9(5-12)7-14-10/h6-7,16H,4-5,8,12H2,1-3H3. The smallest absolute Gasteiger partial charge is 0.225 e. The van der Waals surface area contributed by atoms with Crippen LogP contribution in [0.3, 0.4) is 0 Å². The molecule has 5 nitrogen and oxygen atoms in total. The largest absolute Gasteiger partial charge is 0.389 e. The van der Waals surface area contributed by atoms with Crippen LogP contribution >= 0.6 is 0 Å². The van der Waals surface area contributed by atoms with Gasteiger partial charge in [-0.15, -0.1) is 0 Å². The molecule has 1 rings (SSSR count). The Hall–Kier alpha value is -1.20. The zero-order chi connectivity index (χ0) is 12.2. The van der Waals surface area contributed by atoms with Gasteiger partial charge in [0.25, 0.3) is 0 Å². The number of nitrogens with two attached hydrogens (primary N) is 1. The van der Waals surface area contributed by atoms with E-state index in [0.29, 0.717) is 19.0 Å². The number of hydrogen-bond acceptors (Lipinski definition) is 5. The fraction of sp³-hybridized carbons (Fsp3) is 0.636. The van der Waals surface area contributed by atoms with Gasteiger partial charge in [-0.05, 0) is 20.8 Å². The van der Waals surface area contributed by atoms with Crippen molar-refractivity contribution in [1.82, 2.24) is 9.97 Å². The summed E-state index contributed by atoms with van der Waals surface area (Å²) in [5, 5.41) is 9.76. The van der Waals surface area contributed by atoms with E-state index in [0.717, 1.165) is 12.1 Å². The molecule has 0 aromatic carbocycles. The maximum absolute atomic E-state index is 9.76. The van der Waals surface area contributed by atoms with E-state index >= 15 is 0 Å². The lowest BCUT2D eigenvalue weighted by molar-refractivity contribution is 0.0872. The highest BCUT2D eigenvalue weighted by atomic mass is 16.3. The SMILES string of the molecule is CCN(CC(C)(C)O)c1ncc(CN)cn1. The highest BCUT2D eigenvalue weighted by Crippen LogP contribution is 2.11. The number of likely N-dealkylation sites (N-methyl/N-ethyl adjacent to an activating group) is 1. The summed E-state index contributed by atoms with van der Waals surface area (Å²) in [5.74, 6) is 0.627. The quantitative estimate of drug-likeness (QED) is 0.763. The first kappa shape index (κ1) is 12.9. The van der Waals surface area contributed by atoms with E-state index in [-0.39, 0.29) is 0 Å². The molecule has 0 fully saturated rings. The van der Waals surface area contributed by atoms with Crippen molar-refractivity contribution in [3.63, 3.8) is 0 Å². The minimum Gasteiger partial charge on any atom is -0.389 e. The third-order valence-electron chi connectivity index (χ3n) is 2.17. The lowest BCUT2D eigenvalue weighted by Gasteiger charge is -2.27. The molecule has 0 saturated carbocycles. The van der Waals surface area contributed by atoms with Gasteiger partial charge in [0.2, 0.25) is 5.95 Å². The molecule has 5 heteroatoms. The van der Waals surface area contributed by atoms with Crippen molar-refractivity contribution in [2.45, 2.75) is 32.9 Å². The van der Waals surface area contributed by atoms with Crippen LogP contribution in [0.2, 0.25) is 0 Å². The third kappa shape index (κ3) is 3.75. The van der Waals surface area contributed by atoms with Crippen LogP contribution in [0.25, 0.3) is 0 Å². The normalized spacial score (nSPS) is 11.6. The van der Waals surface area contributed by atoms with Crippen LogP contribution in [0.4, 0.5) is 5.95 Å². The zero-order valence-corrected chi connectivity index (χ0v) is 10.1. The van der Waals surface area contributed by atoms with Crippen molar-refractivity contribution in [3.05, 3.63) is 18.0 Å². The van der Waals surface area contributed by atoms with E-state index in [1.165, 1.54) is 0 Å². The Bertz CT molecular complexity index is 318. The molecule has 1 aromatic rings. The molecule has 0 spiro atoms. The van der Waals surface area contributed by atoms with Crippen LogP contribution in [-0.2, 0) is 6.54 Å². The van der Waals surface area contributed by atoms with Gasteiger partial charge in [-0.2, -0.15) is 0 Å². The zero-order valence-electron chi connectivity index (χ0n) is 10.1. The van der Waals surface area contributed by atoms with Gasteiger partial charge in [0.05, 0.1) is 5.60 Å². The second-order valence-electron chi connectivity index (χ2n) is 4.42. The molecule has 0 saturated heterocycles. The van der Waals surface area contributed by atoms with Crippen LogP contribution in [-0.4, -0.2) is 33.8 Å². The van der Waals surface area contributed by atoms with E-state index in [1.807, 2.05) is 11.8 Å². The lowest BCUT2D eigenvalue weighted by atomic mass is 10.1. The molecule has 0 aliphatic carbocycles. The van der Waals surface area contributed by atoms with Crippen molar-refractivity contribution < 1.29 is 5.11 Å². The lowest BCUT2D eigenvalue weighted by Crippen LogP contribution is -2.39. The molecular weight excluding hydrogens is 204 g/mol. The van der Waals surface area contributed by atoms with Crippen LogP contribution in [0.5, 0.6) is 0 Å². The predicted octanol–water partition coefficient (Wildman–Crippen LogP) is 0.532. The molecule has 0 atom stereocenters. The first-order valence-corrected chi connectivity index (χ1v) is 5.44. The van der Waals surface area contributed by atoms with Gasteiger partial charge < -0.3 is 15.7 Å². The Kier molecular flexibility index (Phi) is 4.20. The van der Waals surface area contributed by atoms with E-state index in [4.69, 9.17) is 5.73 Å². The molecule has 0 radical (unpaired) electrons. The summed E-state index contributed by atoms with van der Waals surface area (Å²) >= 11 is 0. The Morgan fingerprint density at radius 2 is 1.94 bits per heavy atom. The number of anilines is 1. The predicted molar refractivity (Wildman–Crippen MR) is 64.1 cm³/mol. The van der Waals surface area contributed by atoms with Gasteiger partial charge >= 0.3 is 0 Å². The molecule has 0 aliphatic heterocycles. The summed E-state index contributed by atoms with van der Waals surface area (Å²) in [7, 11) is 0. The molecule has 90 valence electrons. The monoisotopic (exact) mass is 224 g/mol. The van der Waals surface area contributed by atoms with E-state index in [1.54, 1.807) is 26.2 Å². The summed E-state index contributed by atoms with van der Waals surface area (Å²) in [6.45, 7) is 7.25. The molecule has 1 heterocycles. The Labute approximate surface area is 96.3 Å². The molecular formula is C11H20N4O. The van der Waals surface area contributed by atoms with Gasteiger partial charge in [-0.25, -0.2) is 9.97 Å². The van der Waals surface area contributed by atoms with Crippen molar-refractivity contribution in [2.75, 3.05) is 18.0 Å². The number of nitrogens with zero attached hydrogens (tertiary/aromatic N) is 3. The van der Waals surface area contributed by atoms with Crippen LogP contribution in [0, 0.1) is 0 Å². The van der Waals surface area contributed by atoms with Crippen molar-refractivity contribution in [1.29, 1.82) is 0 Å². The van der Waals surface area contributed by atoms with E-state index in [9.17, 15) is 5.11 Å². The van der Waals surface area contributed by atoms with Crippen LogP contribution in [0.15, 0.2) is 12.4 Å². The van der Waals surface area contributed by atoms with Gasteiger partial charge in [0.1, 0.15) is 0 Å². The molecule has 1 aromatic heterocycles. The first-order chi connectivity index (χ1) is 7.46. The molecule has 0 aliphatic rings. The molecule has 0 amide bonds. The van der Waals surface area contributed by atoms with Crippen molar-refractivity contribution in [3.8, 4) is 0 Å². The summed E-state index contributed by atoms with van der Waals surface area (Å²) < 4.78 is 0.